The van der Waals surface area contributed by atoms with Gasteiger partial charge in [-0.3, -0.25) is 4.98 Å². The fourth-order valence-corrected chi connectivity index (χ4v) is 1.63. The maximum absolute atomic E-state index is 5.75. The molecule has 0 spiro atoms. The van der Waals surface area contributed by atoms with Gasteiger partial charge >= 0.3 is 0 Å². The predicted octanol–water partition coefficient (Wildman–Crippen LogP) is 3.51. The van der Waals surface area contributed by atoms with Gasteiger partial charge in [0.05, 0.1) is 11.9 Å². The molecule has 0 saturated carbocycles. The third-order valence-electron chi connectivity index (χ3n) is 2.94. The summed E-state index contributed by atoms with van der Waals surface area (Å²) in [5.74, 6) is 1.55. The summed E-state index contributed by atoms with van der Waals surface area (Å²) in [5, 5.41) is 0. The molecule has 1 aromatic heterocycles. The van der Waals surface area contributed by atoms with Gasteiger partial charge in [0.1, 0.15) is 11.5 Å². The highest BCUT2D eigenvalue weighted by Gasteiger charge is 2.03. The van der Waals surface area contributed by atoms with Crippen LogP contribution in [-0.4, -0.2) is 4.98 Å². The Morgan fingerprint density at radius 1 is 1.06 bits per heavy atom. The molecule has 2 N–H and O–H groups in total. The van der Waals surface area contributed by atoms with E-state index < -0.39 is 0 Å². The maximum atomic E-state index is 5.75. The van der Waals surface area contributed by atoms with Crippen LogP contribution in [0.2, 0.25) is 0 Å². The van der Waals surface area contributed by atoms with E-state index in [9.17, 15) is 0 Å². The second kappa shape index (κ2) is 5.19. The minimum absolute atomic E-state index is 0.0549. The van der Waals surface area contributed by atoms with E-state index in [4.69, 9.17) is 10.5 Å². The molecule has 2 aromatic rings. The fourth-order valence-electron chi connectivity index (χ4n) is 1.63. The molecule has 94 valence electrons. The standard InChI is InChI=1S/C15H18N2O/c1-10-4-5-13(8-11(10)2)18-14-6-7-15(12(3)16)17-9-14/h4-9,12H,16H2,1-3H3. The highest BCUT2D eigenvalue weighted by molar-refractivity contribution is 5.36. The van der Waals surface area contributed by atoms with E-state index >= 15 is 0 Å². The summed E-state index contributed by atoms with van der Waals surface area (Å²) in [6.07, 6.45) is 1.70. The number of benzene rings is 1. The van der Waals surface area contributed by atoms with Crippen LogP contribution in [0, 0.1) is 13.8 Å². The SMILES string of the molecule is Cc1ccc(Oc2ccc(C(C)N)nc2)cc1C. The van der Waals surface area contributed by atoms with Crippen molar-refractivity contribution >= 4 is 0 Å². The number of pyridine rings is 1. The Morgan fingerprint density at radius 2 is 1.78 bits per heavy atom. The summed E-state index contributed by atoms with van der Waals surface area (Å²) < 4.78 is 5.75. The molecule has 1 heterocycles. The van der Waals surface area contributed by atoms with Gasteiger partial charge in [-0.25, -0.2) is 0 Å². The van der Waals surface area contributed by atoms with Gasteiger partial charge in [0.2, 0.25) is 0 Å². The lowest BCUT2D eigenvalue weighted by molar-refractivity contribution is 0.479. The fraction of sp³-hybridized carbons (Fsp3) is 0.267. The van der Waals surface area contributed by atoms with Gasteiger partial charge in [-0.05, 0) is 56.2 Å². The van der Waals surface area contributed by atoms with Crippen LogP contribution in [0.3, 0.4) is 0 Å². The highest BCUT2D eigenvalue weighted by atomic mass is 16.5. The highest BCUT2D eigenvalue weighted by Crippen LogP contribution is 2.23. The average Bonchev–Trinajstić information content (AvgIpc) is 2.34. The van der Waals surface area contributed by atoms with Gasteiger partial charge in [0, 0.05) is 6.04 Å². The van der Waals surface area contributed by atoms with Crippen LogP contribution in [0.15, 0.2) is 36.5 Å². The first-order valence-electron chi connectivity index (χ1n) is 6.03. The molecular weight excluding hydrogens is 224 g/mol. The summed E-state index contributed by atoms with van der Waals surface area (Å²) >= 11 is 0. The lowest BCUT2D eigenvalue weighted by Gasteiger charge is -2.09. The van der Waals surface area contributed by atoms with Crippen LogP contribution >= 0.6 is 0 Å². The van der Waals surface area contributed by atoms with Crippen molar-refractivity contribution in [3.8, 4) is 11.5 Å². The molecule has 0 aliphatic heterocycles. The summed E-state index contributed by atoms with van der Waals surface area (Å²) in [5.41, 5.74) is 9.09. The second-order valence-corrected chi connectivity index (χ2v) is 4.56. The Hall–Kier alpha value is -1.87. The van der Waals surface area contributed by atoms with Crippen LogP contribution in [0.1, 0.15) is 29.8 Å². The van der Waals surface area contributed by atoms with Crippen molar-refractivity contribution in [2.24, 2.45) is 5.73 Å². The quantitative estimate of drug-likeness (QED) is 0.896. The lowest BCUT2D eigenvalue weighted by atomic mass is 10.1. The van der Waals surface area contributed by atoms with E-state index in [1.165, 1.54) is 11.1 Å². The summed E-state index contributed by atoms with van der Waals surface area (Å²) in [7, 11) is 0. The van der Waals surface area contributed by atoms with E-state index in [-0.39, 0.29) is 6.04 Å². The Morgan fingerprint density at radius 3 is 2.33 bits per heavy atom. The van der Waals surface area contributed by atoms with E-state index in [1.807, 2.05) is 31.2 Å². The molecule has 2 rings (SSSR count). The molecule has 1 aromatic carbocycles. The smallest absolute Gasteiger partial charge is 0.145 e. The zero-order chi connectivity index (χ0) is 13.1. The van der Waals surface area contributed by atoms with Crippen molar-refractivity contribution in [3.05, 3.63) is 53.3 Å². The van der Waals surface area contributed by atoms with E-state index in [0.29, 0.717) is 0 Å². The first-order chi connectivity index (χ1) is 8.56. The minimum Gasteiger partial charge on any atom is -0.456 e. The average molecular weight is 242 g/mol. The third kappa shape index (κ3) is 2.87. The molecule has 3 nitrogen and oxygen atoms in total. The van der Waals surface area contributed by atoms with Crippen molar-refractivity contribution in [2.45, 2.75) is 26.8 Å². The first kappa shape index (κ1) is 12.6. The van der Waals surface area contributed by atoms with Crippen LogP contribution in [0.4, 0.5) is 0 Å². The molecule has 1 atom stereocenters. The number of aromatic nitrogens is 1. The molecule has 0 fully saturated rings. The molecule has 18 heavy (non-hydrogen) atoms. The van der Waals surface area contributed by atoms with Crippen LogP contribution in [0.5, 0.6) is 11.5 Å². The van der Waals surface area contributed by atoms with Crippen molar-refractivity contribution in [1.29, 1.82) is 0 Å². The first-order valence-corrected chi connectivity index (χ1v) is 6.03. The van der Waals surface area contributed by atoms with Crippen LogP contribution < -0.4 is 10.5 Å². The van der Waals surface area contributed by atoms with Crippen molar-refractivity contribution in [3.63, 3.8) is 0 Å². The van der Waals surface area contributed by atoms with Gasteiger partial charge in [0.15, 0.2) is 0 Å². The third-order valence-corrected chi connectivity index (χ3v) is 2.94. The lowest BCUT2D eigenvalue weighted by Crippen LogP contribution is -2.06. The van der Waals surface area contributed by atoms with Crippen molar-refractivity contribution in [2.75, 3.05) is 0 Å². The number of ether oxygens (including phenoxy) is 1. The molecule has 0 amide bonds. The Balaban J connectivity index is 2.15. The molecule has 0 bridgehead atoms. The molecular formula is C15H18N2O. The molecule has 0 saturated heterocycles. The predicted molar refractivity (Wildman–Crippen MR) is 72.8 cm³/mol. The normalized spacial score (nSPS) is 12.2. The number of nitrogens with zero attached hydrogens (tertiary/aromatic N) is 1. The second-order valence-electron chi connectivity index (χ2n) is 4.56. The number of rotatable bonds is 3. The van der Waals surface area contributed by atoms with Crippen molar-refractivity contribution < 1.29 is 4.74 Å². The van der Waals surface area contributed by atoms with Gasteiger partial charge in [-0.1, -0.05) is 6.07 Å². The van der Waals surface area contributed by atoms with Gasteiger partial charge in [0.25, 0.3) is 0 Å². The van der Waals surface area contributed by atoms with Gasteiger partial charge in [-0.15, -0.1) is 0 Å². The summed E-state index contributed by atoms with van der Waals surface area (Å²) in [6, 6.07) is 9.76. The summed E-state index contributed by atoms with van der Waals surface area (Å²) in [4.78, 5) is 4.26. The largest absolute Gasteiger partial charge is 0.456 e. The Bertz CT molecular complexity index is 533. The molecule has 3 heteroatoms. The molecule has 0 aliphatic rings. The monoisotopic (exact) mass is 242 g/mol. The zero-order valence-electron chi connectivity index (χ0n) is 11.0. The maximum Gasteiger partial charge on any atom is 0.145 e. The molecule has 0 aliphatic carbocycles. The zero-order valence-corrected chi connectivity index (χ0v) is 11.0. The number of hydrogen-bond acceptors (Lipinski definition) is 3. The molecule has 1 unspecified atom stereocenters. The Kier molecular flexibility index (Phi) is 3.63. The van der Waals surface area contributed by atoms with Gasteiger partial charge in [-0.2, -0.15) is 0 Å². The number of aryl methyl sites for hydroxylation is 2. The van der Waals surface area contributed by atoms with E-state index in [2.05, 4.69) is 24.9 Å². The van der Waals surface area contributed by atoms with Gasteiger partial charge < -0.3 is 10.5 Å². The van der Waals surface area contributed by atoms with Crippen LogP contribution in [0.25, 0.3) is 0 Å². The van der Waals surface area contributed by atoms with E-state index in [0.717, 1.165) is 17.2 Å². The topological polar surface area (TPSA) is 48.1 Å². The minimum atomic E-state index is -0.0549. The number of nitrogens with two attached hydrogens (primary N) is 1. The van der Waals surface area contributed by atoms with E-state index in [1.54, 1.807) is 6.20 Å². The Labute approximate surface area is 108 Å². The van der Waals surface area contributed by atoms with Crippen molar-refractivity contribution in [1.82, 2.24) is 4.98 Å². The van der Waals surface area contributed by atoms with Crippen LogP contribution in [-0.2, 0) is 0 Å². The number of hydrogen-bond donors (Lipinski definition) is 1. The summed E-state index contributed by atoms with van der Waals surface area (Å²) in [6.45, 7) is 6.06. The molecule has 0 radical (unpaired) electrons.